The van der Waals surface area contributed by atoms with Crippen LogP contribution in [0.5, 0.6) is 0 Å². The summed E-state index contributed by atoms with van der Waals surface area (Å²) in [6, 6.07) is 8.28. The third-order valence-electron chi connectivity index (χ3n) is 10.0. The maximum absolute atomic E-state index is 14.9. The number of aryl methyl sites for hydroxylation is 2. The highest BCUT2D eigenvalue weighted by Crippen LogP contribution is 2.33. The Morgan fingerprint density at radius 1 is 0.967 bits per heavy atom. The number of fused-ring (bicyclic) bond motifs is 2. The molecule has 0 bridgehead atoms. The molecule has 60 heavy (non-hydrogen) atoms. The van der Waals surface area contributed by atoms with E-state index in [0.717, 1.165) is 4.57 Å². The number of piperidine rings is 1. The van der Waals surface area contributed by atoms with E-state index in [1.165, 1.54) is 15.8 Å². The van der Waals surface area contributed by atoms with Gasteiger partial charge in [0.05, 0.1) is 46.8 Å². The van der Waals surface area contributed by atoms with Gasteiger partial charge >= 0.3 is 11.4 Å². The summed E-state index contributed by atoms with van der Waals surface area (Å²) in [5.74, 6) is -6.07. The Morgan fingerprint density at radius 2 is 1.77 bits per heavy atom. The molecule has 1 fully saturated rings. The van der Waals surface area contributed by atoms with Crippen molar-refractivity contribution in [1.29, 1.82) is 0 Å². The van der Waals surface area contributed by atoms with E-state index in [1.807, 2.05) is 0 Å². The van der Waals surface area contributed by atoms with Crippen LogP contribution in [0.1, 0.15) is 52.9 Å². The van der Waals surface area contributed by atoms with Crippen LogP contribution in [0, 0.1) is 17.5 Å². The number of carbonyl (C=O) groups is 4. The number of carbonyl (C=O) groups excluding carboxylic acids is 4. The van der Waals surface area contributed by atoms with Crippen molar-refractivity contribution in [2.75, 3.05) is 10.6 Å². The van der Waals surface area contributed by atoms with Gasteiger partial charge in [-0.25, -0.2) is 27.3 Å². The molecule has 0 radical (unpaired) electrons. The van der Waals surface area contributed by atoms with E-state index in [9.17, 15) is 41.9 Å². The zero-order chi connectivity index (χ0) is 42.4. The summed E-state index contributed by atoms with van der Waals surface area (Å²) in [4.78, 5) is 83.2. The smallest absolute Gasteiger partial charge is 0.325 e. The summed E-state index contributed by atoms with van der Waals surface area (Å²) >= 11 is 6.48. The second-order valence-corrected chi connectivity index (χ2v) is 14.6. The standard InChI is InChI=1S/C38H32ClF3N12O6/c1-50-14-21-11-29(23(39)12-28(21)48-50)44-36-46-37(59)54(38(60)53(36)16-20-10-25(41)26(42)13-24(20)40)18-22-17-51(49-47-22)9-3-6-31(55)43-27-5-2-4-19-15-52(35(58)33(19)27)30-7-8-32(56)45-34(30)57/h2,4-5,10-14,17,30H,3,6-9,15-16,18H2,1H3,(H,43,55)(H,44,46,59)(H,45,56,57). The second-order valence-electron chi connectivity index (χ2n) is 14.2. The van der Waals surface area contributed by atoms with Gasteiger partial charge in [0.1, 0.15) is 17.6 Å². The average molecular weight is 845 g/mol. The molecule has 22 heteroatoms. The maximum Gasteiger partial charge on any atom is 0.355 e. The van der Waals surface area contributed by atoms with Crippen LogP contribution >= 0.6 is 11.6 Å². The Kier molecular flexibility index (Phi) is 10.5. The number of nitrogens with zero attached hydrogens (tertiary/aromatic N) is 9. The Bertz CT molecular complexity index is 2890. The van der Waals surface area contributed by atoms with Gasteiger partial charge in [-0.1, -0.05) is 28.9 Å². The van der Waals surface area contributed by atoms with E-state index < -0.39 is 77.2 Å². The molecule has 0 aliphatic carbocycles. The van der Waals surface area contributed by atoms with Crippen molar-refractivity contribution in [3.05, 3.63) is 121 Å². The molecule has 18 nitrogen and oxygen atoms in total. The van der Waals surface area contributed by atoms with Crippen molar-refractivity contribution in [1.82, 2.24) is 49.1 Å². The predicted molar refractivity (Wildman–Crippen MR) is 207 cm³/mol. The van der Waals surface area contributed by atoms with Gasteiger partial charge in [-0.05, 0) is 42.7 Å². The van der Waals surface area contributed by atoms with Crippen LogP contribution in [-0.4, -0.2) is 73.5 Å². The Balaban J connectivity index is 0.958. The number of hydrogen-bond acceptors (Lipinski definition) is 11. The highest BCUT2D eigenvalue weighted by Gasteiger charge is 2.40. The lowest BCUT2D eigenvalue weighted by Gasteiger charge is -2.29. The van der Waals surface area contributed by atoms with Crippen LogP contribution in [0.3, 0.4) is 0 Å². The van der Waals surface area contributed by atoms with Gasteiger partial charge in [0.25, 0.3) is 5.91 Å². The summed E-state index contributed by atoms with van der Waals surface area (Å²) in [5.41, 5.74) is -0.322. The zero-order valence-electron chi connectivity index (χ0n) is 31.4. The van der Waals surface area contributed by atoms with Gasteiger partial charge in [0.2, 0.25) is 23.7 Å². The zero-order valence-corrected chi connectivity index (χ0v) is 32.2. The molecular formula is C38H32ClF3N12O6. The van der Waals surface area contributed by atoms with Gasteiger partial charge in [-0.2, -0.15) is 10.1 Å². The highest BCUT2D eigenvalue weighted by molar-refractivity contribution is 6.34. The lowest BCUT2D eigenvalue weighted by molar-refractivity contribution is -0.137. The maximum atomic E-state index is 14.9. The summed E-state index contributed by atoms with van der Waals surface area (Å²) in [7, 11) is 1.71. The van der Waals surface area contributed by atoms with Crippen molar-refractivity contribution in [3.8, 4) is 0 Å². The first-order valence-electron chi connectivity index (χ1n) is 18.4. The molecule has 4 amide bonds. The van der Waals surface area contributed by atoms with Crippen molar-refractivity contribution in [2.24, 2.45) is 7.05 Å². The molecular weight excluding hydrogens is 813 g/mol. The molecule has 1 atom stereocenters. The highest BCUT2D eigenvalue weighted by atomic mass is 35.5. The molecule has 3 aromatic carbocycles. The van der Waals surface area contributed by atoms with E-state index in [-0.39, 0.29) is 72.4 Å². The Labute approximate surface area is 340 Å². The first-order valence-corrected chi connectivity index (χ1v) is 18.8. The summed E-state index contributed by atoms with van der Waals surface area (Å²) in [5, 5.41) is 21.0. The lowest BCUT2D eigenvalue weighted by Crippen LogP contribution is -2.52. The molecule has 3 N–H and O–H groups in total. The summed E-state index contributed by atoms with van der Waals surface area (Å²) < 4.78 is 47.4. The monoisotopic (exact) mass is 844 g/mol. The third kappa shape index (κ3) is 7.85. The molecule has 2 aliphatic heterocycles. The second kappa shape index (κ2) is 15.9. The van der Waals surface area contributed by atoms with Crippen LogP contribution in [0.15, 0.2) is 64.4 Å². The first-order chi connectivity index (χ1) is 28.7. The number of anilines is 3. The van der Waals surface area contributed by atoms with E-state index in [1.54, 1.807) is 48.3 Å². The number of amides is 4. The molecule has 3 aromatic heterocycles. The molecule has 1 unspecified atom stereocenters. The normalized spacial score (nSPS) is 15.1. The van der Waals surface area contributed by atoms with Gasteiger partial charge in [0.15, 0.2) is 11.6 Å². The fraction of sp³-hybridized carbons (Fsp3) is 0.263. The molecule has 8 rings (SSSR count). The molecule has 0 spiro atoms. The summed E-state index contributed by atoms with van der Waals surface area (Å²) in [6.45, 7) is -0.762. The molecule has 308 valence electrons. The molecule has 6 aromatic rings. The van der Waals surface area contributed by atoms with Crippen molar-refractivity contribution >= 4 is 63.5 Å². The van der Waals surface area contributed by atoms with Gasteiger partial charge in [-0.15, -0.1) is 5.10 Å². The molecule has 1 saturated heterocycles. The number of rotatable bonds is 12. The van der Waals surface area contributed by atoms with Gasteiger partial charge in [-0.3, -0.25) is 38.4 Å². The lowest BCUT2D eigenvalue weighted by atomic mass is 10.0. The van der Waals surface area contributed by atoms with Crippen LogP contribution in [0.2, 0.25) is 5.02 Å². The number of benzene rings is 3. The predicted octanol–water partition coefficient (Wildman–Crippen LogP) is 2.97. The average Bonchev–Trinajstić information content (AvgIpc) is 3.89. The van der Waals surface area contributed by atoms with E-state index >= 15 is 0 Å². The van der Waals surface area contributed by atoms with Crippen molar-refractivity contribution < 1.29 is 32.3 Å². The van der Waals surface area contributed by atoms with E-state index in [2.05, 4.69) is 36.3 Å². The minimum Gasteiger partial charge on any atom is -0.325 e. The third-order valence-corrected chi connectivity index (χ3v) is 10.4. The topological polar surface area (TPSA) is 213 Å². The minimum atomic E-state index is -1.43. The quantitative estimate of drug-likeness (QED) is 0.120. The molecule has 5 heterocycles. The van der Waals surface area contributed by atoms with Crippen molar-refractivity contribution in [2.45, 2.75) is 57.9 Å². The first kappa shape index (κ1) is 39.7. The number of imide groups is 1. The number of nitrogens with one attached hydrogen (secondary N) is 3. The summed E-state index contributed by atoms with van der Waals surface area (Å²) in [6.07, 6.45) is 3.73. The Morgan fingerprint density at radius 3 is 2.57 bits per heavy atom. The fourth-order valence-electron chi connectivity index (χ4n) is 7.16. The molecule has 0 saturated carbocycles. The van der Waals surface area contributed by atoms with Gasteiger partial charge in [0, 0.05) is 56.2 Å². The van der Waals surface area contributed by atoms with E-state index in [4.69, 9.17) is 11.6 Å². The van der Waals surface area contributed by atoms with Crippen LogP contribution in [0.25, 0.3) is 10.9 Å². The molecule has 2 aliphatic rings. The van der Waals surface area contributed by atoms with Crippen LogP contribution in [0.4, 0.5) is 30.5 Å². The largest absolute Gasteiger partial charge is 0.355 e. The van der Waals surface area contributed by atoms with Gasteiger partial charge < -0.3 is 15.5 Å². The SMILES string of the molecule is Cn1cc2cc(Nc3nc(=O)n(Cc4cn(CCCC(=O)Nc5cccc6c5C(=O)N(C5CCC(=O)NC5=O)C6)nn4)c(=O)n3Cc3cc(F)c(F)cc3F)c(Cl)cc2n1. The number of aromatic nitrogens is 8. The Hall–Kier alpha value is -7.16. The van der Waals surface area contributed by atoms with Crippen LogP contribution < -0.4 is 27.3 Å². The fourth-order valence-corrected chi connectivity index (χ4v) is 7.36. The number of halogens is 4. The minimum absolute atomic E-state index is 0.00470. The van der Waals surface area contributed by atoms with Crippen molar-refractivity contribution in [3.63, 3.8) is 0 Å². The van der Waals surface area contributed by atoms with E-state index in [0.29, 0.717) is 33.2 Å². The van der Waals surface area contributed by atoms with Crippen LogP contribution in [-0.2, 0) is 47.6 Å². The number of hydrogen-bond donors (Lipinski definition) is 3.